The van der Waals surface area contributed by atoms with Crippen molar-refractivity contribution in [3.63, 3.8) is 0 Å². The number of likely N-dealkylation sites (N-methyl/N-ethyl adjacent to an activating group) is 1. The van der Waals surface area contributed by atoms with Crippen molar-refractivity contribution in [3.05, 3.63) is 30.1 Å². The van der Waals surface area contributed by atoms with Gasteiger partial charge in [0.25, 0.3) is 0 Å². The molecule has 0 aliphatic rings. The molecule has 0 saturated carbocycles. The molecule has 0 saturated heterocycles. The molecule has 0 amide bonds. The monoisotopic (exact) mass is 224 g/mol. The van der Waals surface area contributed by atoms with Crippen LogP contribution >= 0.6 is 0 Å². The molecule has 90 valence electrons. The van der Waals surface area contributed by atoms with Crippen LogP contribution in [0, 0.1) is 0 Å². The molecule has 0 radical (unpaired) electrons. The smallest absolute Gasteiger partial charge is 0.0900 e. The molecule has 1 atom stereocenters. The molecule has 1 aromatic heterocycles. The molecule has 1 heterocycles. The van der Waals surface area contributed by atoms with Crippen molar-refractivity contribution in [1.82, 2.24) is 9.88 Å². The van der Waals surface area contributed by atoms with Crippen molar-refractivity contribution in [3.8, 4) is 0 Å². The number of nitrogens with zero attached hydrogens (tertiary/aromatic N) is 2. The van der Waals surface area contributed by atoms with E-state index in [0.717, 1.165) is 6.54 Å². The fourth-order valence-electron chi connectivity index (χ4n) is 1.53. The second-order valence-corrected chi connectivity index (χ2v) is 3.87. The van der Waals surface area contributed by atoms with Crippen LogP contribution in [-0.2, 0) is 11.3 Å². The van der Waals surface area contributed by atoms with Crippen molar-refractivity contribution in [2.75, 3.05) is 26.8 Å². The van der Waals surface area contributed by atoms with E-state index in [1.165, 1.54) is 5.56 Å². The number of hydrogen-bond donors (Lipinski definition) is 1. The van der Waals surface area contributed by atoms with Gasteiger partial charge >= 0.3 is 0 Å². The van der Waals surface area contributed by atoms with Crippen molar-refractivity contribution >= 4 is 0 Å². The molecule has 0 bridgehead atoms. The maximum Gasteiger partial charge on any atom is 0.0900 e. The first-order valence-corrected chi connectivity index (χ1v) is 5.55. The number of hydrogen-bond acceptors (Lipinski definition) is 4. The van der Waals surface area contributed by atoms with E-state index in [2.05, 4.69) is 9.88 Å². The molecule has 0 aromatic carbocycles. The average molecular weight is 224 g/mol. The van der Waals surface area contributed by atoms with Crippen molar-refractivity contribution in [2.24, 2.45) is 0 Å². The minimum absolute atomic E-state index is 0.400. The molecule has 0 aliphatic carbocycles. The first kappa shape index (κ1) is 13.1. The lowest BCUT2D eigenvalue weighted by atomic mass is 10.2. The van der Waals surface area contributed by atoms with Crippen LogP contribution in [-0.4, -0.2) is 47.9 Å². The summed E-state index contributed by atoms with van der Waals surface area (Å²) in [7, 11) is 1.98. The largest absolute Gasteiger partial charge is 0.389 e. The summed E-state index contributed by atoms with van der Waals surface area (Å²) in [6.07, 6.45) is 3.13. The second kappa shape index (κ2) is 7.33. The Morgan fingerprint density at radius 2 is 2.12 bits per heavy atom. The van der Waals surface area contributed by atoms with Crippen LogP contribution in [0.3, 0.4) is 0 Å². The van der Waals surface area contributed by atoms with Crippen LogP contribution < -0.4 is 0 Å². The van der Waals surface area contributed by atoms with E-state index in [4.69, 9.17) is 4.74 Å². The predicted octanol–water partition coefficient (Wildman–Crippen LogP) is 0.911. The molecular weight excluding hydrogens is 204 g/mol. The number of ether oxygens (including phenoxy) is 1. The summed E-state index contributed by atoms with van der Waals surface area (Å²) < 4.78 is 5.16. The minimum atomic E-state index is -0.424. The maximum absolute atomic E-state index is 9.65. The SMILES string of the molecule is CCOCC(O)CN(C)Cc1ccncc1. The zero-order valence-electron chi connectivity index (χ0n) is 9.97. The molecule has 1 unspecified atom stereocenters. The molecular formula is C12H20N2O2. The first-order valence-electron chi connectivity index (χ1n) is 5.55. The van der Waals surface area contributed by atoms with E-state index in [-0.39, 0.29) is 0 Å². The summed E-state index contributed by atoms with van der Waals surface area (Å²) in [4.78, 5) is 6.03. The Kier molecular flexibility index (Phi) is 6.00. The summed E-state index contributed by atoms with van der Waals surface area (Å²) in [5, 5.41) is 9.65. The van der Waals surface area contributed by atoms with Crippen LogP contribution in [0.25, 0.3) is 0 Å². The summed E-state index contributed by atoms with van der Waals surface area (Å²) in [6, 6.07) is 3.96. The third-order valence-corrected chi connectivity index (χ3v) is 2.24. The van der Waals surface area contributed by atoms with E-state index in [1.807, 2.05) is 26.1 Å². The Morgan fingerprint density at radius 1 is 1.44 bits per heavy atom. The second-order valence-electron chi connectivity index (χ2n) is 3.87. The number of pyridine rings is 1. The summed E-state index contributed by atoms with van der Waals surface area (Å²) >= 11 is 0. The van der Waals surface area contributed by atoms with Crippen LogP contribution in [0.2, 0.25) is 0 Å². The Bertz CT molecular complexity index is 280. The molecule has 4 heteroatoms. The quantitative estimate of drug-likeness (QED) is 0.748. The molecule has 16 heavy (non-hydrogen) atoms. The number of aliphatic hydroxyl groups is 1. The molecule has 4 nitrogen and oxygen atoms in total. The molecule has 0 spiro atoms. The zero-order chi connectivity index (χ0) is 11.8. The lowest BCUT2D eigenvalue weighted by Gasteiger charge is -2.20. The van der Waals surface area contributed by atoms with Gasteiger partial charge in [0.1, 0.15) is 0 Å². The van der Waals surface area contributed by atoms with Crippen molar-refractivity contribution in [2.45, 2.75) is 19.6 Å². The van der Waals surface area contributed by atoms with Gasteiger partial charge in [-0.2, -0.15) is 0 Å². The lowest BCUT2D eigenvalue weighted by Crippen LogP contribution is -2.31. The van der Waals surface area contributed by atoms with E-state index >= 15 is 0 Å². The Labute approximate surface area is 96.9 Å². The van der Waals surface area contributed by atoms with Gasteiger partial charge in [-0.3, -0.25) is 9.88 Å². The van der Waals surface area contributed by atoms with Crippen LogP contribution in [0.4, 0.5) is 0 Å². The van der Waals surface area contributed by atoms with Gasteiger partial charge in [0.05, 0.1) is 12.7 Å². The Balaban J connectivity index is 2.27. The van der Waals surface area contributed by atoms with Gasteiger partial charge in [-0.25, -0.2) is 0 Å². The number of aromatic nitrogens is 1. The zero-order valence-corrected chi connectivity index (χ0v) is 9.97. The Hall–Kier alpha value is -0.970. The van der Waals surface area contributed by atoms with Crippen LogP contribution in [0.15, 0.2) is 24.5 Å². The van der Waals surface area contributed by atoms with E-state index in [1.54, 1.807) is 12.4 Å². The maximum atomic E-state index is 9.65. The Morgan fingerprint density at radius 3 is 2.75 bits per heavy atom. The lowest BCUT2D eigenvalue weighted by molar-refractivity contribution is 0.0244. The topological polar surface area (TPSA) is 45.6 Å². The molecule has 1 N–H and O–H groups in total. The molecule has 1 rings (SSSR count). The highest BCUT2D eigenvalue weighted by Gasteiger charge is 2.08. The predicted molar refractivity (Wildman–Crippen MR) is 63.1 cm³/mol. The van der Waals surface area contributed by atoms with Crippen LogP contribution in [0.5, 0.6) is 0 Å². The normalized spacial score (nSPS) is 13.0. The van der Waals surface area contributed by atoms with Crippen LogP contribution in [0.1, 0.15) is 12.5 Å². The molecule has 0 aliphatic heterocycles. The standard InChI is InChI=1S/C12H20N2O2/c1-3-16-10-12(15)9-14(2)8-11-4-6-13-7-5-11/h4-7,12,15H,3,8-10H2,1-2H3. The minimum Gasteiger partial charge on any atom is -0.389 e. The van der Waals surface area contributed by atoms with Gasteiger partial charge in [0.15, 0.2) is 0 Å². The first-order chi connectivity index (χ1) is 7.72. The molecule has 0 fully saturated rings. The van der Waals surface area contributed by atoms with E-state index in [9.17, 15) is 5.11 Å². The summed E-state index contributed by atoms with van der Waals surface area (Å²) in [5.74, 6) is 0. The van der Waals surface area contributed by atoms with Gasteiger partial charge in [-0.05, 0) is 31.7 Å². The highest BCUT2D eigenvalue weighted by atomic mass is 16.5. The fraction of sp³-hybridized carbons (Fsp3) is 0.583. The molecule has 1 aromatic rings. The highest BCUT2D eigenvalue weighted by Crippen LogP contribution is 2.01. The van der Waals surface area contributed by atoms with E-state index < -0.39 is 6.10 Å². The van der Waals surface area contributed by atoms with Gasteiger partial charge in [-0.15, -0.1) is 0 Å². The average Bonchev–Trinajstić information content (AvgIpc) is 2.27. The van der Waals surface area contributed by atoms with Gasteiger partial charge in [0, 0.05) is 32.1 Å². The summed E-state index contributed by atoms with van der Waals surface area (Å²) in [6.45, 7) is 4.39. The third-order valence-electron chi connectivity index (χ3n) is 2.24. The fourth-order valence-corrected chi connectivity index (χ4v) is 1.53. The van der Waals surface area contributed by atoms with Gasteiger partial charge in [-0.1, -0.05) is 0 Å². The highest BCUT2D eigenvalue weighted by molar-refractivity contribution is 5.09. The number of rotatable bonds is 7. The van der Waals surface area contributed by atoms with Crippen molar-refractivity contribution in [1.29, 1.82) is 0 Å². The van der Waals surface area contributed by atoms with Gasteiger partial charge < -0.3 is 9.84 Å². The number of aliphatic hydroxyl groups excluding tert-OH is 1. The summed E-state index contributed by atoms with van der Waals surface area (Å²) in [5.41, 5.74) is 1.20. The van der Waals surface area contributed by atoms with Gasteiger partial charge in [0.2, 0.25) is 0 Å². The van der Waals surface area contributed by atoms with Crippen molar-refractivity contribution < 1.29 is 9.84 Å². The third kappa shape index (κ3) is 5.21. The van der Waals surface area contributed by atoms with E-state index in [0.29, 0.717) is 19.8 Å².